The summed E-state index contributed by atoms with van der Waals surface area (Å²) >= 11 is 0. The lowest BCUT2D eigenvalue weighted by Crippen LogP contribution is -2.49. The van der Waals surface area contributed by atoms with Crippen molar-refractivity contribution in [3.05, 3.63) is 71.8 Å². The molecule has 1 nitrogen and oxygen atoms in total. The monoisotopic (exact) mass is 309 g/mol. The van der Waals surface area contributed by atoms with E-state index in [-0.39, 0.29) is 5.41 Å². The molecule has 0 amide bonds. The highest BCUT2D eigenvalue weighted by atomic mass is 14.9. The van der Waals surface area contributed by atoms with Crippen LogP contribution in [0.4, 0.5) is 0 Å². The Morgan fingerprint density at radius 1 is 0.826 bits per heavy atom. The number of rotatable bonds is 9. The van der Waals surface area contributed by atoms with Crippen molar-refractivity contribution in [1.29, 1.82) is 0 Å². The molecule has 0 aliphatic carbocycles. The molecule has 2 rings (SSSR count). The van der Waals surface area contributed by atoms with Crippen molar-refractivity contribution in [2.45, 2.75) is 57.9 Å². The molecule has 0 bridgehead atoms. The third-order valence-corrected chi connectivity index (χ3v) is 5.20. The van der Waals surface area contributed by atoms with Crippen molar-refractivity contribution in [1.82, 2.24) is 5.32 Å². The van der Waals surface area contributed by atoms with Crippen LogP contribution in [0.25, 0.3) is 0 Å². The molecule has 0 aliphatic heterocycles. The Balaban J connectivity index is 2.36. The summed E-state index contributed by atoms with van der Waals surface area (Å²) in [6, 6.07) is 22.4. The number of hydrogen-bond donors (Lipinski definition) is 1. The average Bonchev–Trinajstić information content (AvgIpc) is 2.62. The molecule has 1 unspecified atom stereocenters. The second-order valence-corrected chi connectivity index (χ2v) is 6.43. The van der Waals surface area contributed by atoms with Crippen LogP contribution in [0, 0.1) is 0 Å². The smallest absolute Gasteiger partial charge is 0.0204 e. The van der Waals surface area contributed by atoms with Gasteiger partial charge in [0.05, 0.1) is 0 Å². The molecule has 0 aliphatic rings. The third kappa shape index (κ3) is 4.23. The van der Waals surface area contributed by atoms with E-state index in [1.165, 1.54) is 17.5 Å². The van der Waals surface area contributed by atoms with Crippen LogP contribution in [-0.2, 0) is 11.8 Å². The standard InChI is InChI=1S/C22H31N/c1-4-17-23-21(18-19-13-9-7-10-14-19)22(5-2,6-3)20-15-11-8-12-16-20/h7-16,21,23H,4-6,17-18H2,1-3H3. The Hall–Kier alpha value is -1.60. The normalized spacial score (nSPS) is 13.0. The van der Waals surface area contributed by atoms with E-state index in [9.17, 15) is 0 Å². The van der Waals surface area contributed by atoms with Gasteiger partial charge in [0.15, 0.2) is 0 Å². The van der Waals surface area contributed by atoms with Gasteiger partial charge in [-0.3, -0.25) is 0 Å². The minimum atomic E-state index is 0.187. The van der Waals surface area contributed by atoms with Crippen molar-refractivity contribution in [3.8, 4) is 0 Å². The Morgan fingerprint density at radius 2 is 1.39 bits per heavy atom. The lowest BCUT2D eigenvalue weighted by molar-refractivity contribution is 0.268. The molecule has 1 N–H and O–H groups in total. The average molecular weight is 309 g/mol. The Labute approximate surface area is 142 Å². The van der Waals surface area contributed by atoms with Gasteiger partial charge in [0.2, 0.25) is 0 Å². The molecule has 0 saturated heterocycles. The number of nitrogens with one attached hydrogen (secondary N) is 1. The van der Waals surface area contributed by atoms with Gasteiger partial charge in [-0.25, -0.2) is 0 Å². The molecule has 1 heteroatoms. The molecule has 2 aromatic rings. The summed E-state index contributed by atoms with van der Waals surface area (Å²) in [6.45, 7) is 7.99. The Morgan fingerprint density at radius 3 is 1.91 bits per heavy atom. The third-order valence-electron chi connectivity index (χ3n) is 5.20. The van der Waals surface area contributed by atoms with E-state index >= 15 is 0 Å². The highest BCUT2D eigenvalue weighted by molar-refractivity contribution is 5.29. The number of benzene rings is 2. The second kappa shape index (κ2) is 8.88. The molecule has 1 atom stereocenters. The van der Waals surface area contributed by atoms with Crippen molar-refractivity contribution in [2.24, 2.45) is 0 Å². The summed E-state index contributed by atoms with van der Waals surface area (Å²) in [5.74, 6) is 0. The van der Waals surface area contributed by atoms with Crippen molar-refractivity contribution >= 4 is 0 Å². The molecule has 0 radical (unpaired) electrons. The van der Waals surface area contributed by atoms with Gasteiger partial charge in [-0.1, -0.05) is 81.4 Å². The highest BCUT2D eigenvalue weighted by Crippen LogP contribution is 2.36. The maximum absolute atomic E-state index is 3.86. The minimum absolute atomic E-state index is 0.187. The lowest BCUT2D eigenvalue weighted by Gasteiger charge is -2.41. The molecule has 0 saturated carbocycles. The first-order valence-electron chi connectivity index (χ1n) is 9.09. The van der Waals surface area contributed by atoms with Crippen molar-refractivity contribution < 1.29 is 0 Å². The van der Waals surface area contributed by atoms with Crippen LogP contribution in [0.3, 0.4) is 0 Å². The first-order valence-corrected chi connectivity index (χ1v) is 9.09. The Bertz CT molecular complexity index is 543. The van der Waals surface area contributed by atoms with Gasteiger partial charge in [-0.05, 0) is 43.4 Å². The molecule has 124 valence electrons. The van der Waals surface area contributed by atoms with Crippen LogP contribution >= 0.6 is 0 Å². The summed E-state index contributed by atoms with van der Waals surface area (Å²) < 4.78 is 0. The summed E-state index contributed by atoms with van der Waals surface area (Å²) in [7, 11) is 0. The zero-order valence-electron chi connectivity index (χ0n) is 14.9. The van der Waals surface area contributed by atoms with Crippen LogP contribution in [0.1, 0.15) is 51.2 Å². The van der Waals surface area contributed by atoms with E-state index in [2.05, 4.69) is 86.8 Å². The van der Waals surface area contributed by atoms with Crippen molar-refractivity contribution in [2.75, 3.05) is 6.54 Å². The van der Waals surface area contributed by atoms with E-state index in [0.29, 0.717) is 6.04 Å². The predicted molar refractivity (Wildman–Crippen MR) is 101 cm³/mol. The van der Waals surface area contributed by atoms with Gasteiger partial charge < -0.3 is 5.32 Å². The van der Waals surface area contributed by atoms with Crippen LogP contribution in [-0.4, -0.2) is 12.6 Å². The summed E-state index contributed by atoms with van der Waals surface area (Å²) in [5.41, 5.74) is 3.07. The van der Waals surface area contributed by atoms with Crippen LogP contribution < -0.4 is 5.32 Å². The summed E-state index contributed by atoms with van der Waals surface area (Å²) in [6.07, 6.45) is 4.56. The largest absolute Gasteiger partial charge is 0.313 e. The predicted octanol–water partition coefficient (Wildman–Crippen LogP) is 5.36. The van der Waals surface area contributed by atoms with Gasteiger partial charge in [-0.15, -0.1) is 0 Å². The fourth-order valence-electron chi connectivity index (χ4n) is 3.75. The lowest BCUT2D eigenvalue weighted by atomic mass is 9.68. The van der Waals surface area contributed by atoms with Gasteiger partial charge in [-0.2, -0.15) is 0 Å². The molecular formula is C22H31N. The first kappa shape index (κ1) is 17.7. The topological polar surface area (TPSA) is 12.0 Å². The number of hydrogen-bond acceptors (Lipinski definition) is 1. The maximum atomic E-state index is 3.86. The Kier molecular flexibility index (Phi) is 6.85. The highest BCUT2D eigenvalue weighted by Gasteiger charge is 2.36. The van der Waals surface area contributed by atoms with Crippen LogP contribution in [0.5, 0.6) is 0 Å². The van der Waals surface area contributed by atoms with E-state index in [1.54, 1.807) is 0 Å². The molecule has 2 aromatic carbocycles. The minimum Gasteiger partial charge on any atom is -0.313 e. The molecule has 0 spiro atoms. The van der Waals surface area contributed by atoms with Crippen LogP contribution in [0.15, 0.2) is 60.7 Å². The summed E-state index contributed by atoms with van der Waals surface area (Å²) in [4.78, 5) is 0. The fourth-order valence-corrected chi connectivity index (χ4v) is 3.75. The molecule has 23 heavy (non-hydrogen) atoms. The maximum Gasteiger partial charge on any atom is 0.0204 e. The molecular weight excluding hydrogens is 278 g/mol. The molecule has 0 fully saturated rings. The van der Waals surface area contributed by atoms with Gasteiger partial charge in [0, 0.05) is 11.5 Å². The van der Waals surface area contributed by atoms with Crippen LogP contribution in [0.2, 0.25) is 0 Å². The summed E-state index contributed by atoms with van der Waals surface area (Å²) in [5, 5.41) is 3.86. The van der Waals surface area contributed by atoms with Gasteiger partial charge >= 0.3 is 0 Å². The van der Waals surface area contributed by atoms with Crippen molar-refractivity contribution in [3.63, 3.8) is 0 Å². The quantitative estimate of drug-likeness (QED) is 0.658. The van der Waals surface area contributed by atoms with E-state index in [1.807, 2.05) is 0 Å². The fraction of sp³-hybridized carbons (Fsp3) is 0.455. The SMILES string of the molecule is CCCNC(Cc1ccccc1)C(CC)(CC)c1ccccc1. The molecule has 0 aromatic heterocycles. The second-order valence-electron chi connectivity index (χ2n) is 6.43. The zero-order chi connectivity index (χ0) is 16.5. The van der Waals surface area contributed by atoms with E-state index in [0.717, 1.165) is 25.8 Å². The van der Waals surface area contributed by atoms with Gasteiger partial charge in [0.1, 0.15) is 0 Å². The van der Waals surface area contributed by atoms with E-state index in [4.69, 9.17) is 0 Å². The zero-order valence-corrected chi connectivity index (χ0v) is 14.9. The van der Waals surface area contributed by atoms with Gasteiger partial charge in [0.25, 0.3) is 0 Å². The molecule has 0 heterocycles. The van der Waals surface area contributed by atoms with E-state index < -0.39 is 0 Å². The first-order chi connectivity index (χ1) is 11.3.